The van der Waals surface area contributed by atoms with Gasteiger partial charge in [0.05, 0.1) is 0 Å². The molecule has 0 amide bonds. The Balaban J connectivity index is 2.13. The molecule has 2 rings (SSSR count). The van der Waals surface area contributed by atoms with Gasteiger partial charge < -0.3 is 5.32 Å². The van der Waals surface area contributed by atoms with E-state index in [0.717, 1.165) is 18.5 Å². The van der Waals surface area contributed by atoms with Crippen LogP contribution >= 0.6 is 0 Å². The molecule has 0 spiro atoms. The lowest BCUT2D eigenvalue weighted by molar-refractivity contribution is 0.368. The van der Waals surface area contributed by atoms with Gasteiger partial charge in [-0.05, 0) is 49.6 Å². The third-order valence-electron chi connectivity index (χ3n) is 2.70. The number of nitrogens with one attached hydrogen (secondary N) is 1. The summed E-state index contributed by atoms with van der Waals surface area (Å²) in [5.74, 6) is -0.125. The predicted octanol–water partition coefficient (Wildman–Crippen LogP) is 2.04. The van der Waals surface area contributed by atoms with Crippen LogP contribution in [0.25, 0.3) is 0 Å². The molecular weight excluding hydrogens is 165 g/mol. The summed E-state index contributed by atoms with van der Waals surface area (Å²) < 4.78 is 12.9. The lowest BCUT2D eigenvalue weighted by Crippen LogP contribution is -2.44. The smallest absolute Gasteiger partial charge is 0.123 e. The minimum Gasteiger partial charge on any atom is -0.314 e. The van der Waals surface area contributed by atoms with Crippen molar-refractivity contribution in [3.05, 3.63) is 35.1 Å². The van der Waals surface area contributed by atoms with Crippen LogP contribution in [-0.2, 0) is 6.42 Å². The largest absolute Gasteiger partial charge is 0.314 e. The normalized spacial score (nSPS) is 21.2. The molecule has 70 valence electrons. The van der Waals surface area contributed by atoms with Crippen molar-refractivity contribution in [2.45, 2.75) is 25.8 Å². The first kappa shape index (κ1) is 8.70. The number of aryl methyl sites for hydroxylation is 1. The fourth-order valence-electron chi connectivity index (χ4n) is 1.65. The van der Waals surface area contributed by atoms with Crippen molar-refractivity contribution >= 4 is 0 Å². The van der Waals surface area contributed by atoms with Crippen LogP contribution < -0.4 is 5.32 Å². The summed E-state index contributed by atoms with van der Waals surface area (Å²) in [6, 6.07) is 5.59. The topological polar surface area (TPSA) is 12.0 Å². The number of hydrogen-bond acceptors (Lipinski definition) is 1. The van der Waals surface area contributed by atoms with E-state index >= 15 is 0 Å². The van der Waals surface area contributed by atoms with E-state index in [4.69, 9.17) is 0 Å². The molecule has 1 aliphatic heterocycles. The summed E-state index contributed by atoms with van der Waals surface area (Å²) in [5, 5.41) is 3.32. The molecule has 1 saturated heterocycles. The molecule has 1 atom stereocenters. The Morgan fingerprint density at radius 2 is 2.31 bits per heavy atom. The summed E-state index contributed by atoms with van der Waals surface area (Å²) in [5.41, 5.74) is 2.33. The van der Waals surface area contributed by atoms with Gasteiger partial charge >= 0.3 is 0 Å². The van der Waals surface area contributed by atoms with Gasteiger partial charge in [0.25, 0.3) is 0 Å². The van der Waals surface area contributed by atoms with E-state index in [9.17, 15) is 4.39 Å². The maximum atomic E-state index is 12.9. The fraction of sp³-hybridized carbons (Fsp3) is 0.455. The van der Waals surface area contributed by atoms with Crippen LogP contribution in [0.1, 0.15) is 17.5 Å². The molecule has 1 N–H and O–H groups in total. The Bertz CT molecular complexity index is 305. The van der Waals surface area contributed by atoms with Crippen LogP contribution in [0.4, 0.5) is 4.39 Å². The number of benzene rings is 1. The van der Waals surface area contributed by atoms with Crippen molar-refractivity contribution in [1.82, 2.24) is 5.32 Å². The molecular formula is C11H14FN. The fourth-order valence-corrected chi connectivity index (χ4v) is 1.65. The molecule has 1 fully saturated rings. The van der Waals surface area contributed by atoms with Gasteiger partial charge in [-0.25, -0.2) is 4.39 Å². The summed E-state index contributed by atoms with van der Waals surface area (Å²) in [6.45, 7) is 3.15. The quantitative estimate of drug-likeness (QED) is 0.732. The summed E-state index contributed by atoms with van der Waals surface area (Å²) >= 11 is 0. The molecule has 1 aromatic rings. The lowest BCUT2D eigenvalue weighted by Gasteiger charge is -2.28. The van der Waals surface area contributed by atoms with Crippen molar-refractivity contribution in [3.63, 3.8) is 0 Å². The molecule has 0 saturated carbocycles. The molecule has 0 aromatic heterocycles. The van der Waals surface area contributed by atoms with Crippen molar-refractivity contribution in [1.29, 1.82) is 0 Å². The first-order valence-corrected chi connectivity index (χ1v) is 4.74. The Hall–Kier alpha value is -0.890. The summed E-state index contributed by atoms with van der Waals surface area (Å²) in [6.07, 6.45) is 2.18. The van der Waals surface area contributed by atoms with E-state index in [1.165, 1.54) is 18.1 Å². The number of halogens is 1. The van der Waals surface area contributed by atoms with Gasteiger partial charge in [-0.1, -0.05) is 6.07 Å². The highest BCUT2D eigenvalue weighted by Gasteiger charge is 2.17. The van der Waals surface area contributed by atoms with Crippen molar-refractivity contribution in [2.75, 3.05) is 6.54 Å². The average Bonchev–Trinajstić information content (AvgIpc) is 2.03. The zero-order valence-electron chi connectivity index (χ0n) is 7.81. The first-order valence-electron chi connectivity index (χ1n) is 4.74. The van der Waals surface area contributed by atoms with Crippen LogP contribution in [0, 0.1) is 12.7 Å². The number of rotatable bonds is 2. The summed E-state index contributed by atoms with van der Waals surface area (Å²) in [7, 11) is 0. The van der Waals surface area contributed by atoms with Crippen LogP contribution in [0.2, 0.25) is 0 Å². The average molecular weight is 179 g/mol. The van der Waals surface area contributed by atoms with Crippen LogP contribution in [0.3, 0.4) is 0 Å². The Morgan fingerprint density at radius 3 is 2.92 bits per heavy atom. The van der Waals surface area contributed by atoms with Crippen LogP contribution in [0.5, 0.6) is 0 Å². The molecule has 13 heavy (non-hydrogen) atoms. The van der Waals surface area contributed by atoms with Gasteiger partial charge in [0.1, 0.15) is 5.82 Å². The molecule has 0 bridgehead atoms. The zero-order valence-corrected chi connectivity index (χ0v) is 7.81. The van der Waals surface area contributed by atoms with Gasteiger partial charge in [-0.2, -0.15) is 0 Å². The summed E-state index contributed by atoms with van der Waals surface area (Å²) in [4.78, 5) is 0. The molecule has 1 heterocycles. The second kappa shape index (κ2) is 3.46. The molecule has 2 heteroatoms. The lowest BCUT2D eigenvalue weighted by atomic mass is 9.95. The molecule has 0 aliphatic carbocycles. The zero-order chi connectivity index (χ0) is 9.26. The monoisotopic (exact) mass is 179 g/mol. The van der Waals surface area contributed by atoms with Crippen molar-refractivity contribution in [2.24, 2.45) is 0 Å². The molecule has 0 radical (unpaired) electrons. The molecule has 1 aliphatic rings. The van der Waals surface area contributed by atoms with Gasteiger partial charge in [0.2, 0.25) is 0 Å². The third kappa shape index (κ3) is 1.89. The van der Waals surface area contributed by atoms with Gasteiger partial charge in [-0.3, -0.25) is 0 Å². The Kier molecular flexibility index (Phi) is 2.32. The minimum absolute atomic E-state index is 0.125. The van der Waals surface area contributed by atoms with E-state index < -0.39 is 0 Å². The Morgan fingerprint density at radius 1 is 1.54 bits per heavy atom. The SMILES string of the molecule is Cc1ccc(F)cc1CC1CCN1. The molecule has 1 unspecified atom stereocenters. The van der Waals surface area contributed by atoms with E-state index in [1.807, 2.05) is 13.0 Å². The maximum absolute atomic E-state index is 12.9. The Labute approximate surface area is 78.0 Å². The van der Waals surface area contributed by atoms with E-state index in [2.05, 4.69) is 5.32 Å². The van der Waals surface area contributed by atoms with E-state index in [-0.39, 0.29) is 5.82 Å². The third-order valence-corrected chi connectivity index (χ3v) is 2.70. The van der Waals surface area contributed by atoms with Crippen LogP contribution in [-0.4, -0.2) is 12.6 Å². The van der Waals surface area contributed by atoms with Gasteiger partial charge in [0, 0.05) is 6.04 Å². The van der Waals surface area contributed by atoms with Crippen molar-refractivity contribution in [3.8, 4) is 0 Å². The first-order chi connectivity index (χ1) is 6.25. The highest BCUT2D eigenvalue weighted by molar-refractivity contribution is 5.27. The molecule has 1 nitrogen and oxygen atoms in total. The maximum Gasteiger partial charge on any atom is 0.123 e. The number of hydrogen-bond donors (Lipinski definition) is 1. The standard InChI is InChI=1S/C11H14FN/c1-8-2-3-10(12)6-9(8)7-11-4-5-13-11/h2-3,6,11,13H,4-5,7H2,1H3. The van der Waals surface area contributed by atoms with Crippen molar-refractivity contribution < 1.29 is 4.39 Å². The van der Waals surface area contributed by atoms with Crippen LogP contribution in [0.15, 0.2) is 18.2 Å². The second-order valence-corrected chi connectivity index (χ2v) is 3.71. The highest BCUT2D eigenvalue weighted by Crippen LogP contribution is 2.15. The minimum atomic E-state index is -0.125. The van der Waals surface area contributed by atoms with E-state index in [0.29, 0.717) is 6.04 Å². The predicted molar refractivity (Wildman–Crippen MR) is 51.2 cm³/mol. The van der Waals surface area contributed by atoms with Gasteiger partial charge in [-0.15, -0.1) is 0 Å². The van der Waals surface area contributed by atoms with Gasteiger partial charge in [0.15, 0.2) is 0 Å². The molecule has 1 aromatic carbocycles. The van der Waals surface area contributed by atoms with E-state index in [1.54, 1.807) is 6.07 Å². The second-order valence-electron chi connectivity index (χ2n) is 3.71. The highest BCUT2D eigenvalue weighted by atomic mass is 19.1.